The average Bonchev–Trinajstić information content (AvgIpc) is 3.45. The normalized spacial score (nSPS) is 21.0. The van der Waals surface area contributed by atoms with Crippen LogP contribution in [0.5, 0.6) is 0 Å². The van der Waals surface area contributed by atoms with Gasteiger partial charge in [-0.1, -0.05) is 6.07 Å². The average molecular weight is 628 g/mol. The monoisotopic (exact) mass is 627 g/mol. The maximum absolute atomic E-state index is 14.0. The predicted octanol–water partition coefficient (Wildman–Crippen LogP) is 6.46. The summed E-state index contributed by atoms with van der Waals surface area (Å²) in [5.41, 5.74) is -3.36. The summed E-state index contributed by atoms with van der Waals surface area (Å²) < 4.78 is 100. The Morgan fingerprint density at radius 3 is 2.09 bits per heavy atom. The molecule has 0 aromatic heterocycles. The van der Waals surface area contributed by atoms with E-state index in [4.69, 9.17) is 4.74 Å². The molecule has 2 heterocycles. The third-order valence-electron chi connectivity index (χ3n) is 8.27. The van der Waals surface area contributed by atoms with Gasteiger partial charge in [-0.3, -0.25) is 19.9 Å². The number of hydrogen-bond acceptors (Lipinski definition) is 5. The van der Waals surface area contributed by atoms with Crippen molar-refractivity contribution in [3.05, 3.63) is 75.7 Å². The number of alkyl halides is 6. The number of carbonyl (C=O) groups excluding carboxylic acids is 2. The summed E-state index contributed by atoms with van der Waals surface area (Å²) in [6.45, 7) is 4.18. The van der Waals surface area contributed by atoms with Gasteiger partial charge in [-0.25, -0.2) is 4.39 Å². The van der Waals surface area contributed by atoms with Crippen molar-refractivity contribution in [1.29, 1.82) is 0 Å². The topological polar surface area (TPSA) is 71.0 Å². The molecule has 1 fully saturated rings. The molecule has 0 spiro atoms. The molecule has 6 nitrogen and oxygen atoms in total. The first-order chi connectivity index (χ1) is 20.3. The zero-order valence-electron chi connectivity index (χ0n) is 24.7. The van der Waals surface area contributed by atoms with Gasteiger partial charge in [0.25, 0.3) is 0 Å². The highest BCUT2D eigenvalue weighted by atomic mass is 19.4. The van der Waals surface area contributed by atoms with Gasteiger partial charge in [0.15, 0.2) is 0 Å². The van der Waals surface area contributed by atoms with E-state index in [0.717, 1.165) is 4.90 Å². The molecule has 0 aliphatic carbocycles. The van der Waals surface area contributed by atoms with Crippen molar-refractivity contribution < 1.29 is 45.1 Å². The van der Waals surface area contributed by atoms with Crippen LogP contribution in [0.4, 0.5) is 30.7 Å². The number of ether oxygens (including phenoxy) is 1. The molecule has 2 aromatic rings. The van der Waals surface area contributed by atoms with E-state index in [9.17, 15) is 40.3 Å². The summed E-state index contributed by atoms with van der Waals surface area (Å²) in [5, 5.41) is 3.22. The predicted molar refractivity (Wildman–Crippen MR) is 149 cm³/mol. The third-order valence-corrected chi connectivity index (χ3v) is 8.27. The molecule has 0 saturated carbocycles. The molecule has 1 saturated heterocycles. The maximum atomic E-state index is 14.0. The van der Waals surface area contributed by atoms with Gasteiger partial charge in [-0.05, 0) is 92.6 Å². The van der Waals surface area contributed by atoms with Crippen molar-refractivity contribution in [3.63, 3.8) is 0 Å². The summed E-state index contributed by atoms with van der Waals surface area (Å²) in [6.07, 6.45) is -7.35. The second kappa shape index (κ2) is 12.0. The minimum atomic E-state index is -5.08. The number of benzene rings is 2. The number of halogens is 7. The van der Waals surface area contributed by atoms with Gasteiger partial charge in [0.2, 0.25) is 5.91 Å². The Kier molecular flexibility index (Phi) is 9.03. The van der Waals surface area contributed by atoms with Crippen LogP contribution in [0.3, 0.4) is 0 Å². The Morgan fingerprint density at radius 2 is 1.55 bits per heavy atom. The lowest BCUT2D eigenvalue weighted by Crippen LogP contribution is -2.44. The SMILES string of the molecule is COC(=O)[C@@H]1CC[C@H](C2CC(c3ccc(F)cc3C)=C(N(C)C(=O)C(C)(C)c3cc(C(F)(F)F)cc(C(F)(F)F)c3)C=N2)N1. The van der Waals surface area contributed by atoms with Crippen LogP contribution >= 0.6 is 0 Å². The van der Waals surface area contributed by atoms with E-state index in [1.54, 1.807) is 13.0 Å². The standard InChI is InChI=1S/C31H32F7N3O3/c1-16-10-20(32)6-7-21(16)22-14-25(23-8-9-24(40-23)27(42)44-5)39-15-26(22)41(4)28(43)29(2,3)17-11-18(30(33,34)35)13-19(12-17)31(36,37)38/h6-7,10-13,15,23-25,40H,8-9,14H2,1-5H3/t23-,24+,25?/m1/s1. The molecular formula is C31H32F7N3O3. The zero-order valence-corrected chi connectivity index (χ0v) is 24.7. The number of carbonyl (C=O) groups is 2. The maximum Gasteiger partial charge on any atom is 0.416 e. The van der Waals surface area contributed by atoms with Crippen LogP contribution in [0.15, 0.2) is 47.1 Å². The number of amides is 1. The molecule has 3 atom stereocenters. The smallest absolute Gasteiger partial charge is 0.416 e. The lowest BCUT2D eigenvalue weighted by Gasteiger charge is -2.35. The van der Waals surface area contributed by atoms with E-state index in [1.165, 1.54) is 46.4 Å². The minimum absolute atomic E-state index is 0.0153. The number of nitrogens with zero attached hydrogens (tertiary/aromatic N) is 2. The first kappa shape index (κ1) is 33.2. The van der Waals surface area contributed by atoms with E-state index in [2.05, 4.69) is 10.3 Å². The van der Waals surface area contributed by atoms with Crippen LogP contribution in [-0.4, -0.2) is 55.3 Å². The molecule has 238 valence electrons. The van der Waals surface area contributed by atoms with Gasteiger partial charge in [-0.2, -0.15) is 26.3 Å². The van der Waals surface area contributed by atoms with Crippen molar-refractivity contribution in [2.75, 3.05) is 14.2 Å². The third kappa shape index (κ3) is 6.67. The van der Waals surface area contributed by atoms with Crippen LogP contribution in [-0.2, 0) is 32.1 Å². The first-order valence-electron chi connectivity index (χ1n) is 13.8. The summed E-state index contributed by atoms with van der Waals surface area (Å²) in [7, 11) is 2.65. The molecule has 0 radical (unpaired) electrons. The summed E-state index contributed by atoms with van der Waals surface area (Å²) >= 11 is 0. The molecule has 1 N–H and O–H groups in total. The summed E-state index contributed by atoms with van der Waals surface area (Å²) in [6, 6.07) is 4.10. The Morgan fingerprint density at radius 1 is 0.955 bits per heavy atom. The second-order valence-electron chi connectivity index (χ2n) is 11.6. The van der Waals surface area contributed by atoms with Gasteiger partial charge in [0.05, 0.1) is 35.4 Å². The van der Waals surface area contributed by atoms with Gasteiger partial charge < -0.3 is 9.64 Å². The number of dihydropyridines is 1. The Hall–Kier alpha value is -3.74. The van der Waals surface area contributed by atoms with Gasteiger partial charge in [0, 0.05) is 19.3 Å². The Bertz CT molecular complexity index is 1480. The van der Waals surface area contributed by atoms with Crippen molar-refractivity contribution in [1.82, 2.24) is 10.2 Å². The number of allylic oxidation sites excluding steroid dienone is 1. The molecule has 2 aliphatic rings. The second-order valence-corrected chi connectivity index (χ2v) is 11.6. The fourth-order valence-corrected chi connectivity index (χ4v) is 5.73. The molecular weight excluding hydrogens is 595 g/mol. The fraction of sp³-hybridized carbons (Fsp3) is 0.452. The zero-order chi connectivity index (χ0) is 32.8. The van der Waals surface area contributed by atoms with Crippen molar-refractivity contribution in [2.45, 2.75) is 75.9 Å². The van der Waals surface area contributed by atoms with E-state index in [1.807, 2.05) is 0 Å². The number of hydrogen-bond donors (Lipinski definition) is 1. The number of methoxy groups -OCH3 is 1. The van der Waals surface area contributed by atoms with Gasteiger partial charge in [-0.15, -0.1) is 0 Å². The highest BCUT2D eigenvalue weighted by Gasteiger charge is 2.42. The van der Waals surface area contributed by atoms with E-state index in [-0.39, 0.29) is 30.3 Å². The van der Waals surface area contributed by atoms with E-state index >= 15 is 0 Å². The van der Waals surface area contributed by atoms with Gasteiger partial charge in [0.1, 0.15) is 11.9 Å². The molecule has 4 rings (SSSR count). The molecule has 0 bridgehead atoms. The van der Waals surface area contributed by atoms with E-state index < -0.39 is 58.2 Å². The lowest BCUT2D eigenvalue weighted by molar-refractivity contribution is -0.144. The first-order valence-corrected chi connectivity index (χ1v) is 13.8. The number of nitrogens with one attached hydrogen (secondary N) is 1. The number of rotatable bonds is 6. The largest absolute Gasteiger partial charge is 0.468 e. The molecule has 1 amide bonds. The molecule has 13 heteroatoms. The molecule has 44 heavy (non-hydrogen) atoms. The van der Waals surface area contributed by atoms with Crippen LogP contribution in [0.2, 0.25) is 0 Å². The van der Waals surface area contributed by atoms with Crippen LogP contribution in [0, 0.1) is 12.7 Å². The summed E-state index contributed by atoms with van der Waals surface area (Å²) in [5.74, 6) is -1.68. The van der Waals surface area contributed by atoms with Crippen LogP contribution < -0.4 is 5.32 Å². The summed E-state index contributed by atoms with van der Waals surface area (Å²) in [4.78, 5) is 31.8. The van der Waals surface area contributed by atoms with Gasteiger partial charge >= 0.3 is 18.3 Å². The minimum Gasteiger partial charge on any atom is -0.468 e. The highest BCUT2D eigenvalue weighted by molar-refractivity contribution is 6.00. The number of likely N-dealkylation sites (N-methyl/N-ethyl adjacent to an activating group) is 1. The molecule has 1 unspecified atom stereocenters. The quantitative estimate of drug-likeness (QED) is 0.295. The molecule has 2 aromatic carbocycles. The van der Waals surface area contributed by atoms with Crippen LogP contribution in [0.1, 0.15) is 60.9 Å². The number of aryl methyl sites for hydroxylation is 1. The lowest BCUT2D eigenvalue weighted by atomic mass is 9.81. The number of aliphatic imine (C=N–C) groups is 1. The highest BCUT2D eigenvalue weighted by Crippen LogP contribution is 2.41. The van der Waals surface area contributed by atoms with Crippen molar-refractivity contribution in [2.24, 2.45) is 4.99 Å². The van der Waals surface area contributed by atoms with Crippen LogP contribution in [0.25, 0.3) is 5.57 Å². The number of esters is 1. The Balaban J connectivity index is 1.75. The van der Waals surface area contributed by atoms with Crippen molar-refractivity contribution in [3.8, 4) is 0 Å². The fourth-order valence-electron chi connectivity index (χ4n) is 5.73. The van der Waals surface area contributed by atoms with E-state index in [0.29, 0.717) is 41.7 Å². The van der Waals surface area contributed by atoms with Crippen molar-refractivity contribution >= 4 is 23.7 Å². The Labute approximate surface area is 250 Å². The molecule has 2 aliphatic heterocycles.